The first-order chi connectivity index (χ1) is 15.1. The third-order valence-corrected chi connectivity index (χ3v) is 5.93. The SMILES string of the molecule is CCOC(=O)c1ccc(N2CCCN(C(=O)CSc3ccc(OCC)cc3)CC2)nc1. The van der Waals surface area contributed by atoms with E-state index in [-0.39, 0.29) is 11.9 Å². The van der Waals surface area contributed by atoms with Gasteiger partial charge in [0.15, 0.2) is 0 Å². The summed E-state index contributed by atoms with van der Waals surface area (Å²) in [5.41, 5.74) is 0.448. The van der Waals surface area contributed by atoms with Crippen LogP contribution in [0.4, 0.5) is 5.82 Å². The normalized spacial score (nSPS) is 14.1. The molecule has 0 atom stereocenters. The molecule has 0 N–H and O–H groups in total. The van der Waals surface area contributed by atoms with Crippen LogP contribution < -0.4 is 9.64 Å². The van der Waals surface area contributed by atoms with Crippen molar-refractivity contribution in [2.75, 3.05) is 50.0 Å². The van der Waals surface area contributed by atoms with Crippen LogP contribution in [-0.4, -0.2) is 66.9 Å². The molecule has 0 saturated carbocycles. The zero-order valence-corrected chi connectivity index (χ0v) is 18.9. The van der Waals surface area contributed by atoms with Gasteiger partial charge in [-0.25, -0.2) is 9.78 Å². The fourth-order valence-corrected chi connectivity index (χ4v) is 4.14. The molecule has 0 aliphatic carbocycles. The number of anilines is 1. The summed E-state index contributed by atoms with van der Waals surface area (Å²) in [5, 5.41) is 0. The summed E-state index contributed by atoms with van der Waals surface area (Å²) in [6.07, 6.45) is 2.43. The largest absolute Gasteiger partial charge is 0.494 e. The van der Waals surface area contributed by atoms with Gasteiger partial charge >= 0.3 is 5.97 Å². The molecule has 0 spiro atoms. The second-order valence-electron chi connectivity index (χ2n) is 7.04. The number of rotatable bonds is 8. The molecule has 31 heavy (non-hydrogen) atoms. The van der Waals surface area contributed by atoms with Gasteiger partial charge in [-0.1, -0.05) is 0 Å². The van der Waals surface area contributed by atoms with Gasteiger partial charge in [0, 0.05) is 37.3 Å². The Labute approximate surface area is 187 Å². The van der Waals surface area contributed by atoms with E-state index in [1.807, 2.05) is 42.2 Å². The smallest absolute Gasteiger partial charge is 0.339 e. The molecular formula is C23H29N3O4S. The van der Waals surface area contributed by atoms with E-state index < -0.39 is 0 Å². The van der Waals surface area contributed by atoms with Gasteiger partial charge in [-0.3, -0.25) is 4.79 Å². The van der Waals surface area contributed by atoms with Crippen LogP contribution in [0, 0.1) is 0 Å². The van der Waals surface area contributed by atoms with Crippen molar-refractivity contribution < 1.29 is 19.1 Å². The molecule has 1 aliphatic heterocycles. The van der Waals surface area contributed by atoms with E-state index in [0.717, 1.165) is 36.0 Å². The Hall–Kier alpha value is -2.74. The van der Waals surface area contributed by atoms with Crippen molar-refractivity contribution in [3.8, 4) is 5.75 Å². The number of amides is 1. The van der Waals surface area contributed by atoms with E-state index in [1.54, 1.807) is 30.9 Å². The van der Waals surface area contributed by atoms with Gasteiger partial charge < -0.3 is 19.3 Å². The van der Waals surface area contributed by atoms with Crippen LogP contribution in [0.25, 0.3) is 0 Å². The minimum absolute atomic E-state index is 0.145. The molecule has 0 radical (unpaired) electrons. The lowest BCUT2D eigenvalue weighted by Gasteiger charge is -2.23. The van der Waals surface area contributed by atoms with E-state index in [1.165, 1.54) is 0 Å². The average molecular weight is 444 g/mol. The van der Waals surface area contributed by atoms with Crippen LogP contribution in [0.3, 0.4) is 0 Å². The summed E-state index contributed by atoms with van der Waals surface area (Å²) in [6, 6.07) is 11.4. The molecule has 1 amide bonds. The zero-order valence-electron chi connectivity index (χ0n) is 18.1. The van der Waals surface area contributed by atoms with Crippen molar-refractivity contribution in [2.24, 2.45) is 0 Å². The molecule has 1 fully saturated rings. The van der Waals surface area contributed by atoms with E-state index in [2.05, 4.69) is 9.88 Å². The fourth-order valence-electron chi connectivity index (χ4n) is 3.34. The highest BCUT2D eigenvalue weighted by atomic mass is 32.2. The lowest BCUT2D eigenvalue weighted by Crippen LogP contribution is -2.36. The van der Waals surface area contributed by atoms with Gasteiger partial charge in [0.05, 0.1) is 24.5 Å². The number of ether oxygens (including phenoxy) is 2. The lowest BCUT2D eigenvalue weighted by molar-refractivity contribution is -0.128. The molecule has 1 saturated heterocycles. The zero-order chi connectivity index (χ0) is 22.1. The number of hydrogen-bond donors (Lipinski definition) is 0. The summed E-state index contributed by atoms with van der Waals surface area (Å²) in [7, 11) is 0. The van der Waals surface area contributed by atoms with E-state index in [9.17, 15) is 9.59 Å². The summed E-state index contributed by atoms with van der Waals surface area (Å²) < 4.78 is 10.5. The van der Waals surface area contributed by atoms with E-state index in [0.29, 0.717) is 37.6 Å². The van der Waals surface area contributed by atoms with Crippen molar-refractivity contribution in [3.05, 3.63) is 48.2 Å². The molecule has 0 unspecified atom stereocenters. The number of nitrogens with zero attached hydrogens (tertiary/aromatic N) is 3. The first-order valence-electron chi connectivity index (χ1n) is 10.6. The molecule has 1 aliphatic rings. The van der Waals surface area contributed by atoms with Crippen LogP contribution in [0.2, 0.25) is 0 Å². The van der Waals surface area contributed by atoms with Crippen LogP contribution in [0.1, 0.15) is 30.6 Å². The first kappa shape index (κ1) is 22.9. The number of carbonyl (C=O) groups is 2. The predicted molar refractivity (Wildman–Crippen MR) is 122 cm³/mol. The summed E-state index contributed by atoms with van der Waals surface area (Å²) in [5.74, 6) is 1.85. The van der Waals surface area contributed by atoms with Crippen LogP contribution in [0.5, 0.6) is 5.75 Å². The summed E-state index contributed by atoms with van der Waals surface area (Å²) in [4.78, 5) is 34.1. The van der Waals surface area contributed by atoms with Gasteiger partial charge in [0.25, 0.3) is 0 Å². The van der Waals surface area contributed by atoms with E-state index >= 15 is 0 Å². The van der Waals surface area contributed by atoms with Crippen molar-refractivity contribution in [2.45, 2.75) is 25.2 Å². The summed E-state index contributed by atoms with van der Waals surface area (Å²) >= 11 is 1.54. The summed E-state index contributed by atoms with van der Waals surface area (Å²) in [6.45, 7) is 7.64. The number of pyridine rings is 1. The third-order valence-electron chi connectivity index (χ3n) is 4.93. The Morgan fingerprint density at radius 2 is 1.81 bits per heavy atom. The van der Waals surface area contributed by atoms with Crippen molar-refractivity contribution >= 4 is 29.5 Å². The fraction of sp³-hybridized carbons (Fsp3) is 0.435. The Bertz CT molecular complexity index is 858. The number of hydrogen-bond acceptors (Lipinski definition) is 7. The van der Waals surface area contributed by atoms with Gasteiger partial charge in [-0.2, -0.15) is 0 Å². The highest BCUT2D eigenvalue weighted by Crippen LogP contribution is 2.22. The monoisotopic (exact) mass is 443 g/mol. The van der Waals surface area contributed by atoms with Gasteiger partial charge in [0.1, 0.15) is 11.6 Å². The number of thioether (sulfide) groups is 1. The van der Waals surface area contributed by atoms with E-state index in [4.69, 9.17) is 9.47 Å². The Kier molecular flexibility index (Phi) is 8.58. The maximum atomic E-state index is 12.7. The lowest BCUT2D eigenvalue weighted by atomic mass is 10.2. The maximum Gasteiger partial charge on any atom is 0.339 e. The van der Waals surface area contributed by atoms with Crippen molar-refractivity contribution in [1.29, 1.82) is 0 Å². The molecule has 2 aromatic rings. The predicted octanol–water partition coefficient (Wildman–Crippen LogP) is 3.49. The quantitative estimate of drug-likeness (QED) is 0.457. The molecule has 0 bridgehead atoms. The molecule has 166 valence electrons. The molecule has 1 aromatic carbocycles. The van der Waals surface area contributed by atoms with Gasteiger partial charge in [-0.15, -0.1) is 11.8 Å². The van der Waals surface area contributed by atoms with Crippen LogP contribution >= 0.6 is 11.8 Å². The first-order valence-corrected chi connectivity index (χ1v) is 11.6. The van der Waals surface area contributed by atoms with Crippen LogP contribution in [0.15, 0.2) is 47.5 Å². The molecule has 8 heteroatoms. The molecule has 2 heterocycles. The van der Waals surface area contributed by atoms with Gasteiger partial charge in [0.2, 0.25) is 5.91 Å². The minimum Gasteiger partial charge on any atom is -0.494 e. The number of benzene rings is 1. The number of carbonyl (C=O) groups excluding carboxylic acids is 2. The minimum atomic E-state index is -0.362. The average Bonchev–Trinajstić information content (AvgIpc) is 3.05. The molecule has 7 nitrogen and oxygen atoms in total. The molecule has 1 aromatic heterocycles. The van der Waals surface area contributed by atoms with Crippen molar-refractivity contribution in [3.63, 3.8) is 0 Å². The highest BCUT2D eigenvalue weighted by Gasteiger charge is 2.20. The third kappa shape index (κ3) is 6.62. The van der Waals surface area contributed by atoms with Gasteiger partial charge in [-0.05, 0) is 56.7 Å². The second kappa shape index (κ2) is 11.6. The Morgan fingerprint density at radius 1 is 1.00 bits per heavy atom. The molecule has 3 rings (SSSR count). The topological polar surface area (TPSA) is 72.0 Å². The highest BCUT2D eigenvalue weighted by molar-refractivity contribution is 8.00. The van der Waals surface area contributed by atoms with Crippen molar-refractivity contribution in [1.82, 2.24) is 9.88 Å². The molecular weight excluding hydrogens is 414 g/mol. The second-order valence-corrected chi connectivity index (χ2v) is 8.09. The number of esters is 1. The maximum absolute atomic E-state index is 12.7. The number of aromatic nitrogens is 1. The standard InChI is InChI=1S/C23H29N3O4S/c1-3-29-19-7-9-20(10-8-19)31-17-22(27)26-13-5-12-25(14-15-26)21-11-6-18(16-24-21)23(28)30-4-2/h6-11,16H,3-5,12-15,17H2,1-2H3. The van der Waals surface area contributed by atoms with Crippen LogP contribution in [-0.2, 0) is 9.53 Å². The Balaban J connectivity index is 1.49. The Morgan fingerprint density at radius 3 is 2.48 bits per heavy atom.